The second-order valence-electron chi connectivity index (χ2n) is 6.05. The molecule has 0 spiro atoms. The highest BCUT2D eigenvalue weighted by molar-refractivity contribution is 6.33. The molecule has 0 bridgehead atoms. The average molecular weight is 418 g/mol. The number of halogens is 1. The lowest BCUT2D eigenvalue weighted by Crippen LogP contribution is -2.27. The minimum Gasteiger partial charge on any atom is -0.493 e. The Bertz CT molecular complexity index is 996. The predicted octanol–water partition coefficient (Wildman–Crippen LogP) is 3.91. The van der Waals surface area contributed by atoms with Crippen molar-refractivity contribution in [2.45, 2.75) is 13.0 Å². The van der Waals surface area contributed by atoms with E-state index < -0.39 is 6.04 Å². The molecule has 1 heterocycles. The fourth-order valence-electron chi connectivity index (χ4n) is 2.72. The van der Waals surface area contributed by atoms with Crippen molar-refractivity contribution in [2.24, 2.45) is 0 Å². The van der Waals surface area contributed by atoms with Gasteiger partial charge in [-0.25, -0.2) is 0 Å². The van der Waals surface area contributed by atoms with Crippen molar-refractivity contribution >= 4 is 17.5 Å². The molecule has 0 saturated carbocycles. The summed E-state index contributed by atoms with van der Waals surface area (Å²) >= 11 is 6.17. The van der Waals surface area contributed by atoms with Crippen molar-refractivity contribution in [3.8, 4) is 28.6 Å². The summed E-state index contributed by atoms with van der Waals surface area (Å²) < 4.78 is 21.1. The SMILES string of the molecule is COc1cc(C(=O)NC(C)c2nc(-c3ccccc3Cl)no2)cc(OC)c1OC. The molecule has 0 aliphatic rings. The van der Waals surface area contributed by atoms with Gasteiger partial charge in [-0.2, -0.15) is 4.98 Å². The van der Waals surface area contributed by atoms with Crippen LogP contribution in [0, 0.1) is 0 Å². The van der Waals surface area contributed by atoms with Crippen molar-refractivity contribution in [1.82, 2.24) is 15.5 Å². The molecule has 1 amide bonds. The first-order valence-electron chi connectivity index (χ1n) is 8.67. The minimum atomic E-state index is -0.537. The van der Waals surface area contributed by atoms with Gasteiger partial charge in [0, 0.05) is 11.1 Å². The van der Waals surface area contributed by atoms with E-state index in [0.29, 0.717) is 39.2 Å². The second kappa shape index (κ2) is 8.83. The van der Waals surface area contributed by atoms with Gasteiger partial charge in [-0.3, -0.25) is 4.79 Å². The van der Waals surface area contributed by atoms with E-state index in [0.717, 1.165) is 0 Å². The van der Waals surface area contributed by atoms with Gasteiger partial charge in [-0.15, -0.1) is 0 Å². The van der Waals surface area contributed by atoms with Crippen LogP contribution in [0.15, 0.2) is 40.9 Å². The third-order valence-electron chi connectivity index (χ3n) is 4.20. The average Bonchev–Trinajstić information content (AvgIpc) is 3.23. The maximum absolute atomic E-state index is 12.7. The van der Waals surface area contributed by atoms with E-state index in [-0.39, 0.29) is 11.8 Å². The highest BCUT2D eigenvalue weighted by Gasteiger charge is 2.21. The van der Waals surface area contributed by atoms with E-state index in [1.807, 2.05) is 12.1 Å². The lowest BCUT2D eigenvalue weighted by atomic mass is 10.1. The zero-order valence-corrected chi connectivity index (χ0v) is 17.1. The monoisotopic (exact) mass is 417 g/mol. The number of carbonyl (C=O) groups excluding carboxylic acids is 1. The third-order valence-corrected chi connectivity index (χ3v) is 4.53. The molecule has 2 aromatic carbocycles. The summed E-state index contributed by atoms with van der Waals surface area (Å²) in [6, 6.07) is 9.75. The summed E-state index contributed by atoms with van der Waals surface area (Å²) in [5, 5.41) is 7.27. The van der Waals surface area contributed by atoms with E-state index in [4.69, 9.17) is 30.3 Å². The lowest BCUT2D eigenvalue weighted by Gasteiger charge is -2.15. The number of nitrogens with one attached hydrogen (secondary N) is 1. The van der Waals surface area contributed by atoms with Crippen LogP contribution in [0.3, 0.4) is 0 Å². The maximum Gasteiger partial charge on any atom is 0.252 e. The molecule has 0 saturated heterocycles. The molecule has 0 fully saturated rings. The Hall–Kier alpha value is -3.26. The largest absolute Gasteiger partial charge is 0.493 e. The molecule has 0 radical (unpaired) electrons. The lowest BCUT2D eigenvalue weighted by molar-refractivity contribution is 0.0931. The number of benzene rings is 2. The molecule has 8 nitrogen and oxygen atoms in total. The molecule has 0 aliphatic heterocycles. The molecule has 1 aromatic heterocycles. The summed E-state index contributed by atoms with van der Waals surface area (Å²) in [6.45, 7) is 1.74. The van der Waals surface area contributed by atoms with E-state index in [2.05, 4.69) is 15.5 Å². The maximum atomic E-state index is 12.7. The number of aromatic nitrogens is 2. The summed E-state index contributed by atoms with van der Waals surface area (Å²) in [6.07, 6.45) is 0. The normalized spacial score (nSPS) is 11.6. The van der Waals surface area contributed by atoms with E-state index in [1.165, 1.54) is 21.3 Å². The predicted molar refractivity (Wildman–Crippen MR) is 107 cm³/mol. The summed E-state index contributed by atoms with van der Waals surface area (Å²) in [4.78, 5) is 17.1. The van der Waals surface area contributed by atoms with Gasteiger partial charge in [-0.1, -0.05) is 28.9 Å². The number of rotatable bonds is 7. The van der Waals surface area contributed by atoms with Crippen LogP contribution in [-0.2, 0) is 0 Å². The number of methoxy groups -OCH3 is 3. The topological polar surface area (TPSA) is 95.7 Å². The van der Waals surface area contributed by atoms with Gasteiger partial charge in [0.1, 0.15) is 6.04 Å². The summed E-state index contributed by atoms with van der Waals surface area (Å²) in [5.41, 5.74) is 0.976. The van der Waals surface area contributed by atoms with Crippen LogP contribution in [0.4, 0.5) is 0 Å². The molecule has 1 atom stereocenters. The smallest absolute Gasteiger partial charge is 0.252 e. The van der Waals surface area contributed by atoms with Crippen molar-refractivity contribution in [3.05, 3.63) is 52.9 Å². The number of carbonyl (C=O) groups is 1. The number of amides is 1. The Balaban J connectivity index is 1.80. The van der Waals surface area contributed by atoms with Gasteiger partial charge in [-0.05, 0) is 31.2 Å². The Labute approximate surface area is 172 Å². The standard InChI is InChI=1S/C20H20ClN3O5/c1-11(20-23-18(24-29-20)13-7-5-6-8-14(13)21)22-19(25)12-9-15(26-2)17(28-4)16(10-12)27-3/h5-11H,1-4H3,(H,22,25). The van der Waals surface area contributed by atoms with Crippen LogP contribution < -0.4 is 19.5 Å². The third kappa shape index (κ3) is 4.27. The molecule has 3 rings (SSSR count). The second-order valence-corrected chi connectivity index (χ2v) is 6.45. The first kappa shape index (κ1) is 20.5. The number of hydrogen-bond donors (Lipinski definition) is 1. The van der Waals surface area contributed by atoms with Gasteiger partial charge in [0.25, 0.3) is 5.91 Å². The first-order chi connectivity index (χ1) is 14.0. The minimum absolute atomic E-state index is 0.251. The highest BCUT2D eigenvalue weighted by atomic mass is 35.5. The first-order valence-corrected chi connectivity index (χ1v) is 9.05. The zero-order chi connectivity index (χ0) is 21.0. The van der Waals surface area contributed by atoms with E-state index >= 15 is 0 Å². The summed E-state index contributed by atoms with van der Waals surface area (Å²) in [7, 11) is 4.46. The van der Waals surface area contributed by atoms with Crippen LogP contribution in [0.5, 0.6) is 17.2 Å². The van der Waals surface area contributed by atoms with E-state index in [9.17, 15) is 4.79 Å². The van der Waals surface area contributed by atoms with E-state index in [1.54, 1.807) is 31.2 Å². The number of ether oxygens (including phenoxy) is 3. The molecule has 9 heteroatoms. The highest BCUT2D eigenvalue weighted by Crippen LogP contribution is 2.38. The molecule has 152 valence electrons. The van der Waals surface area contributed by atoms with Gasteiger partial charge < -0.3 is 24.1 Å². The van der Waals surface area contributed by atoms with Gasteiger partial charge in [0.15, 0.2) is 11.5 Å². The van der Waals surface area contributed by atoms with Crippen molar-refractivity contribution < 1.29 is 23.5 Å². The molecular formula is C20H20ClN3O5. The van der Waals surface area contributed by atoms with Crippen LogP contribution in [0.2, 0.25) is 5.02 Å². The Morgan fingerprint density at radius 2 is 1.76 bits per heavy atom. The van der Waals surface area contributed by atoms with Gasteiger partial charge >= 0.3 is 0 Å². The molecule has 1 N–H and O–H groups in total. The molecule has 0 aliphatic carbocycles. The molecule has 3 aromatic rings. The van der Waals surface area contributed by atoms with Crippen molar-refractivity contribution in [1.29, 1.82) is 0 Å². The molecule has 29 heavy (non-hydrogen) atoms. The fourth-order valence-corrected chi connectivity index (χ4v) is 2.94. The number of hydrogen-bond acceptors (Lipinski definition) is 7. The Morgan fingerprint density at radius 3 is 2.34 bits per heavy atom. The molecule has 1 unspecified atom stereocenters. The molecular weight excluding hydrogens is 398 g/mol. The Morgan fingerprint density at radius 1 is 1.10 bits per heavy atom. The summed E-state index contributed by atoms with van der Waals surface area (Å²) in [5.74, 6) is 1.39. The van der Waals surface area contributed by atoms with Gasteiger partial charge in [0.2, 0.25) is 17.5 Å². The van der Waals surface area contributed by atoms with Gasteiger partial charge in [0.05, 0.1) is 26.4 Å². The van der Waals surface area contributed by atoms with Crippen molar-refractivity contribution in [2.75, 3.05) is 21.3 Å². The van der Waals surface area contributed by atoms with Crippen LogP contribution in [0.1, 0.15) is 29.2 Å². The quantitative estimate of drug-likeness (QED) is 0.622. The van der Waals surface area contributed by atoms with Crippen molar-refractivity contribution in [3.63, 3.8) is 0 Å². The number of nitrogens with zero attached hydrogens (tertiary/aromatic N) is 2. The van der Waals surface area contributed by atoms with Crippen LogP contribution in [-0.4, -0.2) is 37.4 Å². The zero-order valence-electron chi connectivity index (χ0n) is 16.4. The van der Waals surface area contributed by atoms with Crippen LogP contribution in [0.25, 0.3) is 11.4 Å². The van der Waals surface area contributed by atoms with Crippen LogP contribution >= 0.6 is 11.6 Å². The Kier molecular flexibility index (Phi) is 6.23. The fraction of sp³-hybridized carbons (Fsp3) is 0.250.